The molecule has 0 saturated carbocycles. The summed E-state index contributed by atoms with van der Waals surface area (Å²) in [4.78, 5) is 34.4. The molecule has 1 amide bonds. The third-order valence-corrected chi connectivity index (χ3v) is 6.37. The van der Waals surface area contributed by atoms with Gasteiger partial charge in [-0.1, -0.05) is 41.6 Å². The zero-order chi connectivity index (χ0) is 22.7. The zero-order valence-electron chi connectivity index (χ0n) is 17.5. The summed E-state index contributed by atoms with van der Waals surface area (Å²) in [5.41, 5.74) is 3.76. The molecule has 1 aromatic heterocycles. The highest BCUT2D eigenvalue weighted by Crippen LogP contribution is 2.24. The molecule has 3 aromatic rings. The first-order valence-electron chi connectivity index (χ1n) is 10.1. The number of aromatic amines is 1. The predicted octanol–water partition coefficient (Wildman–Crippen LogP) is 4.16. The second-order valence-electron chi connectivity index (χ2n) is 7.70. The SMILES string of the molecule is Cc1ccc(NC(=O)CSc2nc3c(c(=O)[nH]2)CN(Cc2ccc(F)cc2)CC3)c(Cl)c1. The number of benzene rings is 2. The molecule has 0 saturated heterocycles. The molecule has 0 radical (unpaired) electrons. The van der Waals surface area contributed by atoms with Crippen LogP contribution in [0.15, 0.2) is 52.4 Å². The maximum Gasteiger partial charge on any atom is 0.256 e. The number of nitrogens with one attached hydrogen (secondary N) is 2. The van der Waals surface area contributed by atoms with Crippen molar-refractivity contribution < 1.29 is 9.18 Å². The molecule has 0 spiro atoms. The smallest absolute Gasteiger partial charge is 0.256 e. The third-order valence-electron chi connectivity index (χ3n) is 5.18. The van der Waals surface area contributed by atoms with Crippen molar-refractivity contribution in [1.29, 1.82) is 0 Å². The molecule has 2 heterocycles. The number of carbonyl (C=O) groups is 1. The number of fused-ring (bicyclic) bond motifs is 1. The van der Waals surface area contributed by atoms with E-state index in [9.17, 15) is 14.0 Å². The maximum atomic E-state index is 13.1. The number of halogens is 2. The Hall–Kier alpha value is -2.68. The van der Waals surface area contributed by atoms with Crippen LogP contribution in [-0.2, 0) is 24.3 Å². The van der Waals surface area contributed by atoms with Crippen LogP contribution in [0.2, 0.25) is 5.02 Å². The molecule has 0 atom stereocenters. The summed E-state index contributed by atoms with van der Waals surface area (Å²) in [5.74, 6) is -0.395. The van der Waals surface area contributed by atoms with Crippen LogP contribution in [0.4, 0.5) is 10.1 Å². The van der Waals surface area contributed by atoms with Crippen molar-refractivity contribution in [2.24, 2.45) is 0 Å². The van der Waals surface area contributed by atoms with Crippen LogP contribution in [0, 0.1) is 12.7 Å². The lowest BCUT2D eigenvalue weighted by atomic mass is 10.1. The number of anilines is 1. The second kappa shape index (κ2) is 9.85. The first-order valence-corrected chi connectivity index (χ1v) is 11.5. The molecule has 4 rings (SSSR count). The molecule has 1 aliphatic rings. The van der Waals surface area contributed by atoms with E-state index in [1.165, 1.54) is 23.9 Å². The summed E-state index contributed by atoms with van der Waals surface area (Å²) < 4.78 is 13.1. The van der Waals surface area contributed by atoms with Gasteiger partial charge in [0.2, 0.25) is 5.91 Å². The van der Waals surface area contributed by atoms with Crippen molar-refractivity contribution in [2.75, 3.05) is 17.6 Å². The highest BCUT2D eigenvalue weighted by atomic mass is 35.5. The molecule has 6 nitrogen and oxygen atoms in total. The Balaban J connectivity index is 1.37. The van der Waals surface area contributed by atoms with Gasteiger partial charge < -0.3 is 10.3 Å². The summed E-state index contributed by atoms with van der Waals surface area (Å²) in [6.07, 6.45) is 0.638. The van der Waals surface area contributed by atoms with E-state index in [1.54, 1.807) is 24.3 Å². The summed E-state index contributed by atoms with van der Waals surface area (Å²) >= 11 is 7.34. The number of hydrogen-bond donors (Lipinski definition) is 2. The van der Waals surface area contributed by atoms with E-state index in [1.807, 2.05) is 13.0 Å². The molecule has 0 fully saturated rings. The number of thioether (sulfide) groups is 1. The number of carbonyl (C=O) groups excluding carboxylic acids is 1. The van der Waals surface area contributed by atoms with E-state index in [0.29, 0.717) is 40.9 Å². The van der Waals surface area contributed by atoms with Gasteiger partial charge in [-0.05, 0) is 42.3 Å². The fraction of sp³-hybridized carbons (Fsp3) is 0.261. The standard InChI is InChI=1S/C23H22ClFN4O2S/c1-14-2-7-20(18(24)10-14)26-21(30)13-32-23-27-19-8-9-29(12-17(19)22(31)28-23)11-15-3-5-16(25)6-4-15/h2-7,10H,8-9,11-13H2,1H3,(H,26,30)(H,27,28,31). The minimum Gasteiger partial charge on any atom is -0.324 e. The predicted molar refractivity (Wildman–Crippen MR) is 125 cm³/mol. The van der Waals surface area contributed by atoms with Gasteiger partial charge >= 0.3 is 0 Å². The van der Waals surface area contributed by atoms with Gasteiger partial charge in [-0.15, -0.1) is 0 Å². The van der Waals surface area contributed by atoms with Gasteiger partial charge in [0, 0.05) is 26.1 Å². The monoisotopic (exact) mass is 472 g/mol. The van der Waals surface area contributed by atoms with Crippen molar-refractivity contribution in [2.45, 2.75) is 31.6 Å². The Morgan fingerprint density at radius 3 is 2.81 bits per heavy atom. The molecular formula is C23H22ClFN4O2S. The normalized spacial score (nSPS) is 13.6. The van der Waals surface area contributed by atoms with Crippen LogP contribution >= 0.6 is 23.4 Å². The number of nitrogens with zero attached hydrogens (tertiary/aromatic N) is 2. The topological polar surface area (TPSA) is 78.1 Å². The molecule has 0 unspecified atom stereocenters. The van der Waals surface area contributed by atoms with Crippen molar-refractivity contribution in [3.05, 3.63) is 86.0 Å². The van der Waals surface area contributed by atoms with Crippen molar-refractivity contribution in [3.8, 4) is 0 Å². The maximum absolute atomic E-state index is 13.1. The number of hydrogen-bond acceptors (Lipinski definition) is 5. The fourth-order valence-electron chi connectivity index (χ4n) is 3.55. The summed E-state index contributed by atoms with van der Waals surface area (Å²) in [6, 6.07) is 11.8. The largest absolute Gasteiger partial charge is 0.324 e. The van der Waals surface area contributed by atoms with Gasteiger partial charge in [-0.2, -0.15) is 0 Å². The van der Waals surface area contributed by atoms with Crippen LogP contribution in [0.1, 0.15) is 22.4 Å². The molecule has 0 aliphatic carbocycles. The average molecular weight is 473 g/mol. The summed E-state index contributed by atoms with van der Waals surface area (Å²) in [6.45, 7) is 3.79. The van der Waals surface area contributed by atoms with E-state index >= 15 is 0 Å². The number of aryl methyl sites for hydroxylation is 1. The van der Waals surface area contributed by atoms with Crippen LogP contribution < -0.4 is 10.9 Å². The molecule has 32 heavy (non-hydrogen) atoms. The Morgan fingerprint density at radius 1 is 1.28 bits per heavy atom. The molecule has 1 aliphatic heterocycles. The lowest BCUT2D eigenvalue weighted by Crippen LogP contribution is -2.35. The molecule has 2 aromatic carbocycles. The number of rotatable bonds is 6. The number of aromatic nitrogens is 2. The zero-order valence-corrected chi connectivity index (χ0v) is 19.0. The van der Waals surface area contributed by atoms with Crippen LogP contribution in [0.3, 0.4) is 0 Å². The van der Waals surface area contributed by atoms with Crippen molar-refractivity contribution in [3.63, 3.8) is 0 Å². The van der Waals surface area contributed by atoms with Gasteiger partial charge in [-0.25, -0.2) is 9.37 Å². The van der Waals surface area contributed by atoms with Gasteiger partial charge in [0.1, 0.15) is 5.82 Å². The lowest BCUT2D eigenvalue weighted by molar-refractivity contribution is -0.113. The molecule has 166 valence electrons. The Morgan fingerprint density at radius 2 is 2.06 bits per heavy atom. The Kier molecular flexibility index (Phi) is 6.93. The van der Waals surface area contributed by atoms with E-state index in [0.717, 1.165) is 23.4 Å². The van der Waals surface area contributed by atoms with Gasteiger partial charge in [0.25, 0.3) is 5.56 Å². The van der Waals surface area contributed by atoms with Gasteiger partial charge in [-0.3, -0.25) is 14.5 Å². The molecular weight excluding hydrogens is 451 g/mol. The Bertz CT molecular complexity index is 1200. The van der Waals surface area contributed by atoms with Crippen molar-refractivity contribution >= 4 is 35.0 Å². The van der Waals surface area contributed by atoms with E-state index in [-0.39, 0.29) is 23.0 Å². The van der Waals surface area contributed by atoms with Gasteiger partial charge in [0.05, 0.1) is 27.7 Å². The minimum absolute atomic E-state index is 0.0998. The third kappa shape index (κ3) is 5.56. The first-order chi connectivity index (χ1) is 15.4. The highest BCUT2D eigenvalue weighted by Gasteiger charge is 2.21. The minimum atomic E-state index is -0.265. The summed E-state index contributed by atoms with van der Waals surface area (Å²) in [7, 11) is 0. The van der Waals surface area contributed by atoms with Crippen LogP contribution in [0.5, 0.6) is 0 Å². The second-order valence-corrected chi connectivity index (χ2v) is 9.07. The van der Waals surface area contributed by atoms with E-state index < -0.39 is 0 Å². The number of amides is 1. The molecule has 2 N–H and O–H groups in total. The highest BCUT2D eigenvalue weighted by molar-refractivity contribution is 7.99. The van der Waals surface area contributed by atoms with Gasteiger partial charge in [0.15, 0.2) is 5.16 Å². The quantitative estimate of drug-likeness (QED) is 0.416. The van der Waals surface area contributed by atoms with Crippen LogP contribution in [0.25, 0.3) is 0 Å². The molecule has 9 heteroatoms. The lowest BCUT2D eigenvalue weighted by Gasteiger charge is -2.27. The van der Waals surface area contributed by atoms with Crippen molar-refractivity contribution in [1.82, 2.24) is 14.9 Å². The summed E-state index contributed by atoms with van der Waals surface area (Å²) in [5, 5.41) is 3.68. The first kappa shape index (κ1) is 22.5. The van der Waals surface area contributed by atoms with Crippen LogP contribution in [-0.4, -0.2) is 33.1 Å². The van der Waals surface area contributed by atoms with E-state index in [4.69, 9.17) is 11.6 Å². The molecule has 0 bridgehead atoms. The average Bonchev–Trinajstić information content (AvgIpc) is 2.76. The van der Waals surface area contributed by atoms with E-state index in [2.05, 4.69) is 20.2 Å². The number of H-pyrrole nitrogens is 1. The fourth-order valence-corrected chi connectivity index (χ4v) is 4.51. The Labute approximate surface area is 194 Å².